The number of allylic oxidation sites excluding steroid dienone is 4. The normalized spacial score (nSPS) is 32.4. The van der Waals surface area contributed by atoms with Crippen molar-refractivity contribution >= 4 is 0 Å². The van der Waals surface area contributed by atoms with Gasteiger partial charge >= 0.3 is 0 Å². The monoisotopic (exact) mass is 306 g/mol. The minimum absolute atomic E-state index is 0.282. The van der Waals surface area contributed by atoms with Crippen LogP contribution in [0.3, 0.4) is 0 Å². The molecule has 1 aliphatic carbocycles. The lowest BCUT2D eigenvalue weighted by Crippen LogP contribution is -2.22. The lowest BCUT2D eigenvalue weighted by molar-refractivity contribution is 0.101. The Balaban J connectivity index is 2.98. The second kappa shape index (κ2) is 8.69. The topological polar surface area (TPSA) is 40.5 Å². The van der Waals surface area contributed by atoms with Crippen molar-refractivity contribution in [2.75, 3.05) is 0 Å². The smallest absolute Gasteiger partial charge is 0.0802 e. The maximum atomic E-state index is 10.5. The molecular formula is C20H34O2. The second-order valence-corrected chi connectivity index (χ2v) is 7.45. The van der Waals surface area contributed by atoms with Gasteiger partial charge in [-0.3, -0.25) is 0 Å². The Bertz CT molecular complexity index is 427. The molecule has 126 valence electrons. The van der Waals surface area contributed by atoms with Crippen LogP contribution < -0.4 is 0 Å². The zero-order valence-corrected chi connectivity index (χ0v) is 15.0. The van der Waals surface area contributed by atoms with Crippen molar-refractivity contribution < 1.29 is 10.2 Å². The lowest BCUT2D eigenvalue weighted by atomic mass is 9.85. The van der Waals surface area contributed by atoms with Crippen LogP contribution in [-0.4, -0.2) is 21.9 Å². The third-order valence-corrected chi connectivity index (χ3v) is 4.73. The molecule has 0 radical (unpaired) electrons. The van der Waals surface area contributed by atoms with Crippen LogP contribution in [0.25, 0.3) is 0 Å². The first-order valence-corrected chi connectivity index (χ1v) is 8.63. The molecule has 0 heterocycles. The fraction of sp³-hybridized carbons (Fsp3) is 0.700. The van der Waals surface area contributed by atoms with E-state index in [0.29, 0.717) is 5.92 Å². The van der Waals surface area contributed by atoms with E-state index in [0.717, 1.165) is 37.7 Å². The number of rotatable bonds is 1. The highest BCUT2D eigenvalue weighted by Gasteiger charge is 2.20. The largest absolute Gasteiger partial charge is 0.389 e. The van der Waals surface area contributed by atoms with E-state index in [1.165, 1.54) is 5.57 Å². The maximum Gasteiger partial charge on any atom is 0.0802 e. The van der Waals surface area contributed by atoms with E-state index in [9.17, 15) is 10.2 Å². The van der Waals surface area contributed by atoms with E-state index in [1.807, 2.05) is 19.9 Å². The molecule has 0 aliphatic heterocycles. The van der Waals surface area contributed by atoms with E-state index < -0.39 is 11.7 Å². The van der Waals surface area contributed by atoms with Crippen LogP contribution >= 0.6 is 0 Å². The van der Waals surface area contributed by atoms with Gasteiger partial charge in [0.1, 0.15) is 0 Å². The van der Waals surface area contributed by atoms with Gasteiger partial charge in [-0.05, 0) is 70.3 Å². The summed E-state index contributed by atoms with van der Waals surface area (Å²) in [5.74, 6) is 0.731. The van der Waals surface area contributed by atoms with E-state index >= 15 is 0 Å². The highest BCUT2D eigenvalue weighted by Crippen LogP contribution is 2.25. The Kier molecular flexibility index (Phi) is 7.58. The average Bonchev–Trinajstić information content (AvgIpc) is 2.41. The summed E-state index contributed by atoms with van der Waals surface area (Å²) in [7, 11) is 0. The SMILES string of the molecule is CC1=CCC[C@@](C)(O)C=C[C@H](C(C)C)C[C@H](O)C(C)=CCC1. The van der Waals surface area contributed by atoms with Crippen LogP contribution in [0.4, 0.5) is 0 Å². The molecule has 1 rings (SSSR count). The van der Waals surface area contributed by atoms with Gasteiger partial charge in [-0.1, -0.05) is 43.7 Å². The average molecular weight is 306 g/mol. The first-order chi connectivity index (χ1) is 10.2. The Hall–Kier alpha value is -0.860. The Morgan fingerprint density at radius 2 is 1.86 bits per heavy atom. The molecule has 0 saturated heterocycles. The summed E-state index contributed by atoms with van der Waals surface area (Å²) >= 11 is 0. The van der Waals surface area contributed by atoms with E-state index in [4.69, 9.17) is 0 Å². The predicted octanol–water partition coefficient (Wildman–Crippen LogP) is 4.78. The first-order valence-electron chi connectivity index (χ1n) is 8.63. The Morgan fingerprint density at radius 1 is 1.18 bits per heavy atom. The molecule has 0 aromatic rings. The Morgan fingerprint density at radius 3 is 2.50 bits per heavy atom. The standard InChI is InChI=1S/C20H34O2/c1-15(2)18-11-13-20(5,22)12-7-9-16(3)8-6-10-17(4)19(21)14-18/h9-11,13,15,18-19,21-22H,6-8,12,14H2,1-5H3/t18-,19-,20+/m0/s1. The van der Waals surface area contributed by atoms with Crippen LogP contribution in [0.5, 0.6) is 0 Å². The fourth-order valence-electron chi connectivity index (χ4n) is 2.81. The zero-order chi connectivity index (χ0) is 16.8. The number of hydrogen-bond acceptors (Lipinski definition) is 2. The Labute approximate surface area is 136 Å². The van der Waals surface area contributed by atoms with Crippen molar-refractivity contribution in [2.45, 2.75) is 78.4 Å². The van der Waals surface area contributed by atoms with Gasteiger partial charge in [-0.2, -0.15) is 0 Å². The summed E-state index contributed by atoms with van der Waals surface area (Å²) in [6, 6.07) is 0. The van der Waals surface area contributed by atoms with Crippen molar-refractivity contribution in [3.63, 3.8) is 0 Å². The van der Waals surface area contributed by atoms with Crippen LogP contribution in [0.2, 0.25) is 0 Å². The second-order valence-electron chi connectivity index (χ2n) is 7.45. The summed E-state index contributed by atoms with van der Waals surface area (Å²) in [4.78, 5) is 0. The molecule has 22 heavy (non-hydrogen) atoms. The number of aliphatic hydroxyl groups excluding tert-OH is 1. The molecule has 0 aromatic carbocycles. The van der Waals surface area contributed by atoms with Crippen molar-refractivity contribution in [1.29, 1.82) is 0 Å². The highest BCUT2D eigenvalue weighted by atomic mass is 16.3. The molecule has 0 bridgehead atoms. The minimum Gasteiger partial charge on any atom is -0.389 e. The quantitative estimate of drug-likeness (QED) is 0.684. The molecule has 3 atom stereocenters. The third kappa shape index (κ3) is 6.93. The van der Waals surface area contributed by atoms with Crippen LogP contribution in [0.1, 0.15) is 66.7 Å². The van der Waals surface area contributed by atoms with Gasteiger partial charge in [0, 0.05) is 0 Å². The van der Waals surface area contributed by atoms with Crippen molar-refractivity contribution in [3.8, 4) is 0 Å². The summed E-state index contributed by atoms with van der Waals surface area (Å²) in [6.07, 6.45) is 12.4. The molecule has 2 N–H and O–H groups in total. The zero-order valence-electron chi connectivity index (χ0n) is 15.0. The molecule has 0 saturated carbocycles. The van der Waals surface area contributed by atoms with Gasteiger partial charge in [-0.25, -0.2) is 0 Å². The molecule has 1 aliphatic rings. The summed E-state index contributed by atoms with van der Waals surface area (Å²) in [6.45, 7) is 10.4. The fourth-order valence-corrected chi connectivity index (χ4v) is 2.81. The molecule has 2 heteroatoms. The summed E-state index contributed by atoms with van der Waals surface area (Å²) in [5, 5.41) is 20.9. The van der Waals surface area contributed by atoms with Crippen LogP contribution in [0, 0.1) is 11.8 Å². The molecule has 0 fully saturated rings. The molecule has 0 amide bonds. The third-order valence-electron chi connectivity index (χ3n) is 4.73. The molecule has 0 unspecified atom stereocenters. The van der Waals surface area contributed by atoms with Gasteiger partial charge < -0.3 is 10.2 Å². The van der Waals surface area contributed by atoms with Gasteiger partial charge in [0.25, 0.3) is 0 Å². The van der Waals surface area contributed by atoms with Crippen LogP contribution in [0.15, 0.2) is 35.5 Å². The molecule has 0 spiro atoms. The first kappa shape index (κ1) is 19.2. The lowest BCUT2D eigenvalue weighted by Gasteiger charge is -2.24. The minimum atomic E-state index is -0.774. The summed E-state index contributed by atoms with van der Waals surface area (Å²) < 4.78 is 0. The van der Waals surface area contributed by atoms with E-state index in [2.05, 4.69) is 39.0 Å². The van der Waals surface area contributed by atoms with Gasteiger partial charge in [0.05, 0.1) is 11.7 Å². The van der Waals surface area contributed by atoms with E-state index in [1.54, 1.807) is 0 Å². The maximum absolute atomic E-state index is 10.5. The predicted molar refractivity (Wildman–Crippen MR) is 94.7 cm³/mol. The van der Waals surface area contributed by atoms with Gasteiger partial charge in [0.15, 0.2) is 0 Å². The van der Waals surface area contributed by atoms with Crippen molar-refractivity contribution in [1.82, 2.24) is 0 Å². The van der Waals surface area contributed by atoms with Gasteiger partial charge in [0.2, 0.25) is 0 Å². The van der Waals surface area contributed by atoms with Gasteiger partial charge in [-0.15, -0.1) is 0 Å². The van der Waals surface area contributed by atoms with E-state index in [-0.39, 0.29) is 5.92 Å². The molecular weight excluding hydrogens is 272 g/mol. The molecule has 2 nitrogen and oxygen atoms in total. The number of aliphatic hydroxyl groups is 2. The van der Waals surface area contributed by atoms with Crippen LogP contribution in [-0.2, 0) is 0 Å². The summed E-state index contributed by atoms with van der Waals surface area (Å²) in [5.41, 5.74) is 1.65. The van der Waals surface area contributed by atoms with Crippen molar-refractivity contribution in [3.05, 3.63) is 35.5 Å². The number of hydrogen-bond donors (Lipinski definition) is 2. The molecule has 0 aromatic heterocycles. The highest BCUT2D eigenvalue weighted by molar-refractivity contribution is 5.11. The van der Waals surface area contributed by atoms with Crippen molar-refractivity contribution in [2.24, 2.45) is 11.8 Å².